The standard InChI is InChI=1S/C23H26ClFN4O/c1-14(2)22-21(25)10-16(13-27-22)23(30)28-17-5-8-18(9-6-17)29(3)19-7-4-15(12-26)20(24)11-19/h4,7,10-11,13-14,17-18H,5-6,8-9H2,1-3H3,(H,28,30). The molecule has 2 aromatic rings. The number of carbonyl (C=O) groups excluding carboxylic acids is 1. The number of hydrogen-bond acceptors (Lipinski definition) is 4. The lowest BCUT2D eigenvalue weighted by molar-refractivity contribution is 0.0925. The maximum Gasteiger partial charge on any atom is 0.253 e. The largest absolute Gasteiger partial charge is 0.372 e. The maximum atomic E-state index is 14.1. The number of aromatic nitrogens is 1. The Labute approximate surface area is 181 Å². The van der Waals surface area contributed by atoms with Gasteiger partial charge in [0.25, 0.3) is 5.91 Å². The number of benzene rings is 1. The Balaban J connectivity index is 1.56. The van der Waals surface area contributed by atoms with Crippen LogP contribution in [0.4, 0.5) is 10.1 Å². The number of carbonyl (C=O) groups is 1. The van der Waals surface area contributed by atoms with Crippen LogP contribution in [0, 0.1) is 17.1 Å². The summed E-state index contributed by atoms with van der Waals surface area (Å²) in [6.45, 7) is 3.74. The van der Waals surface area contributed by atoms with E-state index in [9.17, 15) is 9.18 Å². The Kier molecular flexibility index (Phi) is 6.94. The first-order valence-corrected chi connectivity index (χ1v) is 10.6. The minimum atomic E-state index is -0.441. The van der Waals surface area contributed by atoms with Crippen LogP contribution < -0.4 is 10.2 Å². The van der Waals surface area contributed by atoms with E-state index in [0.717, 1.165) is 31.4 Å². The molecule has 0 aliphatic heterocycles. The van der Waals surface area contributed by atoms with Crippen LogP contribution in [0.1, 0.15) is 67.1 Å². The van der Waals surface area contributed by atoms with Crippen molar-refractivity contribution in [3.8, 4) is 6.07 Å². The van der Waals surface area contributed by atoms with E-state index in [2.05, 4.69) is 21.3 Å². The normalized spacial score (nSPS) is 18.7. The van der Waals surface area contributed by atoms with Gasteiger partial charge in [0.1, 0.15) is 11.9 Å². The fourth-order valence-electron chi connectivity index (χ4n) is 3.90. The quantitative estimate of drug-likeness (QED) is 0.723. The molecule has 7 heteroatoms. The summed E-state index contributed by atoms with van der Waals surface area (Å²) in [5.74, 6) is -0.753. The van der Waals surface area contributed by atoms with Crippen molar-refractivity contribution in [1.29, 1.82) is 5.26 Å². The smallest absolute Gasteiger partial charge is 0.253 e. The van der Waals surface area contributed by atoms with Gasteiger partial charge in [-0.15, -0.1) is 0 Å². The van der Waals surface area contributed by atoms with Gasteiger partial charge < -0.3 is 10.2 Å². The van der Waals surface area contributed by atoms with Gasteiger partial charge in [-0.25, -0.2) is 4.39 Å². The molecule has 1 aromatic carbocycles. The molecule has 1 heterocycles. The lowest BCUT2D eigenvalue weighted by Gasteiger charge is -2.36. The van der Waals surface area contributed by atoms with Crippen molar-refractivity contribution in [3.63, 3.8) is 0 Å². The fourth-order valence-corrected chi connectivity index (χ4v) is 4.12. The number of nitrogens with one attached hydrogen (secondary N) is 1. The molecule has 3 rings (SSSR count). The van der Waals surface area contributed by atoms with Gasteiger partial charge >= 0.3 is 0 Å². The number of rotatable bonds is 5. The molecule has 1 aliphatic rings. The molecule has 0 saturated heterocycles. The third kappa shape index (κ3) is 4.91. The molecule has 0 bridgehead atoms. The van der Waals surface area contributed by atoms with Gasteiger partial charge in [-0.3, -0.25) is 9.78 Å². The second kappa shape index (κ2) is 9.44. The van der Waals surface area contributed by atoms with Crippen molar-refractivity contribution in [2.24, 2.45) is 0 Å². The molecule has 1 aromatic heterocycles. The van der Waals surface area contributed by atoms with Gasteiger partial charge in [0.2, 0.25) is 0 Å². The van der Waals surface area contributed by atoms with E-state index in [1.807, 2.05) is 33.0 Å². The number of halogens is 2. The Bertz CT molecular complexity index is 964. The number of anilines is 1. The third-order valence-electron chi connectivity index (χ3n) is 5.74. The molecule has 0 atom stereocenters. The van der Waals surface area contributed by atoms with Gasteiger partial charge in [0.05, 0.1) is 21.8 Å². The summed E-state index contributed by atoms with van der Waals surface area (Å²) in [6, 6.07) is 9.18. The summed E-state index contributed by atoms with van der Waals surface area (Å²) in [7, 11) is 2.02. The zero-order valence-electron chi connectivity index (χ0n) is 17.5. The average Bonchev–Trinajstić information content (AvgIpc) is 2.73. The SMILES string of the molecule is CC(C)c1ncc(C(=O)NC2CCC(N(C)c3ccc(C#N)c(Cl)c3)CC2)cc1F. The van der Waals surface area contributed by atoms with Gasteiger partial charge in [-0.05, 0) is 55.9 Å². The Morgan fingerprint density at radius 3 is 2.57 bits per heavy atom. The Morgan fingerprint density at radius 1 is 1.30 bits per heavy atom. The summed E-state index contributed by atoms with van der Waals surface area (Å²) in [5.41, 5.74) is 2.06. The Morgan fingerprint density at radius 2 is 2.00 bits per heavy atom. The van der Waals surface area contributed by atoms with E-state index in [1.165, 1.54) is 12.3 Å². The monoisotopic (exact) mass is 428 g/mol. The summed E-state index contributed by atoms with van der Waals surface area (Å²) < 4.78 is 14.1. The van der Waals surface area contributed by atoms with Gasteiger partial charge in [0, 0.05) is 31.0 Å². The molecule has 1 amide bonds. The van der Waals surface area contributed by atoms with Crippen molar-refractivity contribution in [1.82, 2.24) is 10.3 Å². The average molecular weight is 429 g/mol. The number of pyridine rings is 1. The summed E-state index contributed by atoms with van der Waals surface area (Å²) in [5, 5.41) is 12.5. The zero-order valence-corrected chi connectivity index (χ0v) is 18.2. The van der Waals surface area contributed by atoms with Crippen LogP contribution in [0.5, 0.6) is 0 Å². The first kappa shape index (κ1) is 22.0. The molecule has 1 fully saturated rings. The van der Waals surface area contributed by atoms with Crippen LogP contribution in [0.2, 0.25) is 5.02 Å². The molecule has 5 nitrogen and oxygen atoms in total. The first-order chi connectivity index (χ1) is 14.3. The highest BCUT2D eigenvalue weighted by Gasteiger charge is 2.26. The molecule has 158 valence electrons. The minimum absolute atomic E-state index is 0.0274. The fraction of sp³-hybridized carbons (Fsp3) is 0.435. The van der Waals surface area contributed by atoms with Crippen molar-refractivity contribution in [3.05, 3.63) is 58.1 Å². The van der Waals surface area contributed by atoms with Crippen LogP contribution >= 0.6 is 11.6 Å². The predicted octanol–water partition coefficient (Wildman–Crippen LogP) is 5.05. The predicted molar refractivity (Wildman–Crippen MR) is 116 cm³/mol. The van der Waals surface area contributed by atoms with E-state index in [-0.39, 0.29) is 23.4 Å². The number of hydrogen-bond donors (Lipinski definition) is 1. The Hall–Kier alpha value is -2.65. The molecule has 0 radical (unpaired) electrons. The minimum Gasteiger partial charge on any atom is -0.372 e. The number of nitrogens with zero attached hydrogens (tertiary/aromatic N) is 3. The van der Waals surface area contributed by atoms with Crippen LogP contribution in [0.3, 0.4) is 0 Å². The topological polar surface area (TPSA) is 69.0 Å². The molecule has 1 N–H and O–H groups in total. The van der Waals surface area contributed by atoms with Gasteiger partial charge in [-0.2, -0.15) is 5.26 Å². The lowest BCUT2D eigenvalue weighted by Crippen LogP contribution is -2.43. The lowest BCUT2D eigenvalue weighted by atomic mass is 9.90. The zero-order chi connectivity index (χ0) is 21.8. The maximum absolute atomic E-state index is 14.1. The molecule has 1 saturated carbocycles. The van der Waals surface area contributed by atoms with Crippen LogP contribution in [-0.2, 0) is 0 Å². The third-order valence-corrected chi connectivity index (χ3v) is 6.05. The van der Waals surface area contributed by atoms with Crippen LogP contribution in [0.25, 0.3) is 0 Å². The van der Waals surface area contributed by atoms with Gasteiger partial charge in [-0.1, -0.05) is 25.4 Å². The molecule has 0 spiro atoms. The second-order valence-corrected chi connectivity index (χ2v) is 8.52. The van der Waals surface area contributed by atoms with E-state index in [1.54, 1.807) is 6.07 Å². The molecule has 0 unspecified atom stereocenters. The summed E-state index contributed by atoms with van der Waals surface area (Å²) >= 11 is 6.16. The highest BCUT2D eigenvalue weighted by atomic mass is 35.5. The van der Waals surface area contributed by atoms with E-state index in [4.69, 9.17) is 16.9 Å². The second-order valence-electron chi connectivity index (χ2n) is 8.11. The van der Waals surface area contributed by atoms with E-state index < -0.39 is 5.82 Å². The number of nitriles is 1. The van der Waals surface area contributed by atoms with E-state index in [0.29, 0.717) is 22.3 Å². The summed E-state index contributed by atoms with van der Waals surface area (Å²) in [6.07, 6.45) is 4.95. The first-order valence-electron chi connectivity index (χ1n) is 10.2. The molecule has 30 heavy (non-hydrogen) atoms. The molecular weight excluding hydrogens is 403 g/mol. The van der Waals surface area contributed by atoms with Crippen LogP contribution in [-0.4, -0.2) is 30.0 Å². The van der Waals surface area contributed by atoms with E-state index >= 15 is 0 Å². The van der Waals surface area contributed by atoms with Crippen molar-refractivity contribution >= 4 is 23.2 Å². The molecular formula is C23H26ClFN4O. The highest BCUT2D eigenvalue weighted by Crippen LogP contribution is 2.29. The highest BCUT2D eigenvalue weighted by molar-refractivity contribution is 6.32. The van der Waals surface area contributed by atoms with Gasteiger partial charge in [0.15, 0.2) is 0 Å². The summed E-state index contributed by atoms with van der Waals surface area (Å²) in [4.78, 5) is 18.8. The molecule has 1 aliphatic carbocycles. The van der Waals surface area contributed by atoms with Crippen molar-refractivity contribution < 1.29 is 9.18 Å². The number of amides is 1. The van der Waals surface area contributed by atoms with Crippen LogP contribution in [0.15, 0.2) is 30.5 Å². The van der Waals surface area contributed by atoms with Crippen molar-refractivity contribution in [2.75, 3.05) is 11.9 Å². The van der Waals surface area contributed by atoms with Crippen molar-refractivity contribution in [2.45, 2.75) is 57.5 Å².